The molecule has 0 aliphatic heterocycles. The molecule has 0 fully saturated rings. The van der Waals surface area contributed by atoms with Crippen molar-refractivity contribution in [3.63, 3.8) is 0 Å². The van der Waals surface area contributed by atoms with Crippen LogP contribution in [0.4, 0.5) is 4.39 Å². The molecule has 1 aromatic carbocycles. The van der Waals surface area contributed by atoms with Crippen molar-refractivity contribution in [2.45, 2.75) is 25.5 Å². The Kier molecular flexibility index (Phi) is 4.52. The molecule has 0 unspecified atom stereocenters. The second-order valence-corrected chi connectivity index (χ2v) is 6.97. The fourth-order valence-electron chi connectivity index (χ4n) is 0.883. The van der Waals surface area contributed by atoms with Crippen LogP contribution in [0.2, 0.25) is 0 Å². The van der Waals surface area contributed by atoms with Gasteiger partial charge >= 0.3 is 0 Å². The van der Waals surface area contributed by atoms with Crippen LogP contribution in [0.1, 0.15) is 26.3 Å². The lowest BCUT2D eigenvalue weighted by atomic mass is 10.2. The fraction of sp³-hybridized carbons (Fsp3) is 0.364. The van der Waals surface area contributed by atoms with Crippen molar-refractivity contribution in [1.29, 1.82) is 0 Å². The Bertz CT molecular complexity index is 403. The highest BCUT2D eigenvalue weighted by Gasteiger charge is 2.25. The summed E-state index contributed by atoms with van der Waals surface area (Å²) in [6.07, 6.45) is 1.43. The summed E-state index contributed by atoms with van der Waals surface area (Å²) in [6, 6.07) is 4.64. The fourth-order valence-corrected chi connectivity index (χ4v) is 1.78. The number of rotatable bonds is 2. The molecule has 0 spiro atoms. The molecule has 0 heterocycles. The van der Waals surface area contributed by atoms with Gasteiger partial charge in [-0.2, -0.15) is 0 Å². The Labute approximate surface area is 106 Å². The largest absolute Gasteiger partial charge is 0.591 e. The minimum atomic E-state index is -1.33. The third-order valence-corrected chi connectivity index (χ3v) is 3.97. The maximum atomic E-state index is 13.2. The second-order valence-electron chi connectivity index (χ2n) is 4.24. The van der Waals surface area contributed by atoms with E-state index >= 15 is 0 Å². The van der Waals surface area contributed by atoms with E-state index in [0.29, 0.717) is 10.0 Å². The molecule has 1 atom stereocenters. The van der Waals surface area contributed by atoms with Gasteiger partial charge in [0.2, 0.25) is 0 Å². The average molecular weight is 306 g/mol. The maximum absolute atomic E-state index is 13.2. The topological polar surface area (TPSA) is 35.4 Å². The van der Waals surface area contributed by atoms with Crippen molar-refractivity contribution in [1.82, 2.24) is 0 Å². The van der Waals surface area contributed by atoms with E-state index < -0.39 is 16.1 Å². The van der Waals surface area contributed by atoms with Crippen LogP contribution in [-0.4, -0.2) is 15.5 Å². The van der Waals surface area contributed by atoms with Gasteiger partial charge in [-0.3, -0.25) is 0 Å². The summed E-state index contributed by atoms with van der Waals surface area (Å²) >= 11 is 1.79. The van der Waals surface area contributed by atoms with E-state index in [4.69, 9.17) is 0 Å². The summed E-state index contributed by atoms with van der Waals surface area (Å²) in [4.78, 5) is 0. The van der Waals surface area contributed by atoms with Crippen LogP contribution in [-0.2, 0) is 11.4 Å². The highest BCUT2D eigenvalue weighted by atomic mass is 79.9. The van der Waals surface area contributed by atoms with Gasteiger partial charge in [-0.1, -0.05) is 16.5 Å². The molecule has 0 bridgehead atoms. The zero-order chi connectivity index (χ0) is 12.3. The van der Waals surface area contributed by atoms with Crippen LogP contribution in [0.25, 0.3) is 0 Å². The molecule has 5 heteroatoms. The zero-order valence-corrected chi connectivity index (χ0v) is 11.7. The van der Waals surface area contributed by atoms with Gasteiger partial charge in [-0.05, 0) is 42.8 Å². The molecule has 2 nitrogen and oxygen atoms in total. The molecule has 1 rings (SSSR count). The lowest BCUT2D eigenvalue weighted by Gasteiger charge is -2.17. The Morgan fingerprint density at radius 3 is 2.62 bits per heavy atom. The van der Waals surface area contributed by atoms with Gasteiger partial charge in [-0.15, -0.1) is 0 Å². The van der Waals surface area contributed by atoms with E-state index in [0.717, 1.165) is 0 Å². The molecule has 0 N–H and O–H groups in total. The Morgan fingerprint density at radius 2 is 2.06 bits per heavy atom. The normalized spacial score (nSPS) is 14.4. The molecule has 0 aromatic heterocycles. The van der Waals surface area contributed by atoms with E-state index in [1.165, 1.54) is 12.3 Å². The lowest BCUT2D eigenvalue weighted by Crippen LogP contribution is -2.25. The van der Waals surface area contributed by atoms with Gasteiger partial charge in [0.15, 0.2) is 0 Å². The molecule has 0 aliphatic rings. The van der Waals surface area contributed by atoms with E-state index in [1.54, 1.807) is 12.1 Å². The van der Waals surface area contributed by atoms with Gasteiger partial charge in [0, 0.05) is 5.56 Å². The minimum absolute atomic E-state index is 0.338. The number of hydrogen-bond donors (Lipinski definition) is 0. The lowest BCUT2D eigenvalue weighted by molar-refractivity contribution is 0.561. The van der Waals surface area contributed by atoms with E-state index in [-0.39, 0.29) is 5.82 Å². The van der Waals surface area contributed by atoms with Crippen LogP contribution in [0, 0.1) is 5.82 Å². The first-order chi connectivity index (χ1) is 7.32. The van der Waals surface area contributed by atoms with Gasteiger partial charge in [0.25, 0.3) is 0 Å². The molecule has 0 saturated carbocycles. The minimum Gasteiger partial charge on any atom is -0.591 e. The first-order valence-corrected chi connectivity index (χ1v) is 6.62. The molecular weight excluding hydrogens is 293 g/mol. The third kappa shape index (κ3) is 3.57. The molecule has 88 valence electrons. The highest BCUT2D eigenvalue weighted by molar-refractivity contribution is 9.10. The van der Waals surface area contributed by atoms with Crippen LogP contribution < -0.4 is 0 Å². The van der Waals surface area contributed by atoms with Crippen molar-refractivity contribution in [2.24, 2.45) is 4.40 Å². The molecule has 16 heavy (non-hydrogen) atoms. The van der Waals surface area contributed by atoms with Crippen molar-refractivity contribution in [2.75, 3.05) is 0 Å². The smallest absolute Gasteiger partial charge is 0.144 e. The monoisotopic (exact) mass is 305 g/mol. The summed E-state index contributed by atoms with van der Waals surface area (Å²) in [7, 11) is 0. The molecule has 0 aliphatic carbocycles. The van der Waals surface area contributed by atoms with Crippen molar-refractivity contribution in [3.8, 4) is 0 Å². The molecular formula is C11H13BrFNOS. The Morgan fingerprint density at radius 1 is 1.44 bits per heavy atom. The summed E-state index contributed by atoms with van der Waals surface area (Å²) < 4.78 is 28.6. The quantitative estimate of drug-likeness (QED) is 0.608. The zero-order valence-electron chi connectivity index (χ0n) is 9.33. The van der Waals surface area contributed by atoms with Crippen molar-refractivity contribution in [3.05, 3.63) is 34.1 Å². The molecule has 0 amide bonds. The molecule has 0 saturated heterocycles. The highest BCUT2D eigenvalue weighted by Crippen LogP contribution is 2.21. The first-order valence-electron chi connectivity index (χ1n) is 4.72. The summed E-state index contributed by atoms with van der Waals surface area (Å²) in [5.41, 5.74) is 0.581. The van der Waals surface area contributed by atoms with E-state index in [9.17, 15) is 8.94 Å². The number of nitrogens with zero attached hydrogens (tertiary/aromatic N) is 1. The van der Waals surface area contributed by atoms with E-state index in [2.05, 4.69) is 20.3 Å². The van der Waals surface area contributed by atoms with Crippen LogP contribution >= 0.6 is 15.9 Å². The number of benzene rings is 1. The second kappa shape index (κ2) is 5.29. The average Bonchev–Trinajstić information content (AvgIpc) is 2.18. The maximum Gasteiger partial charge on any atom is 0.144 e. The SMILES string of the molecule is CC(C)(C)[S@@+]([O-])N=Cc1cccc(F)c1Br. The van der Waals surface area contributed by atoms with Gasteiger partial charge < -0.3 is 4.55 Å². The van der Waals surface area contributed by atoms with Crippen LogP contribution in [0.5, 0.6) is 0 Å². The van der Waals surface area contributed by atoms with Crippen molar-refractivity contribution < 1.29 is 8.94 Å². The predicted molar refractivity (Wildman–Crippen MR) is 69.6 cm³/mol. The van der Waals surface area contributed by atoms with Crippen molar-refractivity contribution >= 4 is 33.5 Å². The first kappa shape index (κ1) is 13.7. The van der Waals surface area contributed by atoms with E-state index in [1.807, 2.05) is 20.8 Å². The Hall–Kier alpha value is -0.390. The van der Waals surface area contributed by atoms with Crippen LogP contribution in [0.15, 0.2) is 27.1 Å². The summed E-state index contributed by atoms with van der Waals surface area (Å²) in [6.45, 7) is 5.50. The van der Waals surface area contributed by atoms with Gasteiger partial charge in [-0.25, -0.2) is 4.39 Å². The Balaban J connectivity index is 2.89. The summed E-state index contributed by atoms with van der Waals surface area (Å²) in [5.74, 6) is -0.356. The standard InChI is InChI=1S/C11H13BrFNOS/c1-11(2,3)16(15)14-7-8-5-4-6-9(13)10(8)12/h4-7H,1-3H3/t16-/m1/s1. The van der Waals surface area contributed by atoms with Gasteiger partial charge in [0.05, 0.1) is 10.7 Å². The molecule has 0 radical (unpaired) electrons. The third-order valence-electron chi connectivity index (χ3n) is 1.79. The predicted octanol–water partition coefficient (Wildman–Crippen LogP) is 3.47. The molecule has 1 aromatic rings. The van der Waals surface area contributed by atoms with Gasteiger partial charge in [0.1, 0.15) is 21.9 Å². The number of halogens is 2. The van der Waals surface area contributed by atoms with Crippen LogP contribution in [0.3, 0.4) is 0 Å². The number of hydrogen-bond acceptors (Lipinski definition) is 2. The summed E-state index contributed by atoms with van der Waals surface area (Å²) in [5, 5.41) is 0.